The van der Waals surface area contributed by atoms with Crippen LogP contribution in [-0.2, 0) is 6.54 Å². The minimum Gasteiger partial charge on any atom is -0.361 e. The molecule has 3 rings (SSSR count). The van der Waals surface area contributed by atoms with Gasteiger partial charge in [-0.2, -0.15) is 0 Å². The van der Waals surface area contributed by atoms with Crippen molar-refractivity contribution in [1.82, 2.24) is 15.0 Å². The van der Waals surface area contributed by atoms with Crippen LogP contribution in [0.25, 0.3) is 0 Å². The lowest BCUT2D eigenvalue weighted by atomic mass is 10.2. The fourth-order valence-electron chi connectivity index (χ4n) is 2.86. The minimum absolute atomic E-state index is 0.0478. The van der Waals surface area contributed by atoms with Crippen molar-refractivity contribution in [3.8, 4) is 0 Å². The fourth-order valence-corrected chi connectivity index (χ4v) is 3.05. The van der Waals surface area contributed by atoms with Gasteiger partial charge in [0.1, 0.15) is 5.76 Å². The van der Waals surface area contributed by atoms with E-state index in [1.807, 2.05) is 30.0 Å². The molecule has 1 aromatic heterocycles. The van der Waals surface area contributed by atoms with Gasteiger partial charge >= 0.3 is 0 Å². The number of hydrogen-bond acceptors (Lipinski definition) is 4. The number of hydrogen-bond donors (Lipinski definition) is 0. The second kappa shape index (κ2) is 7.15. The molecule has 0 N–H and O–H groups in total. The highest BCUT2D eigenvalue weighted by Crippen LogP contribution is 2.15. The lowest BCUT2D eigenvalue weighted by Gasteiger charge is -2.21. The van der Waals surface area contributed by atoms with Crippen LogP contribution in [0.5, 0.6) is 0 Å². The molecule has 0 spiro atoms. The van der Waals surface area contributed by atoms with Crippen LogP contribution in [0.3, 0.4) is 0 Å². The van der Waals surface area contributed by atoms with Gasteiger partial charge in [-0.15, -0.1) is 0 Å². The van der Waals surface area contributed by atoms with Gasteiger partial charge < -0.3 is 9.42 Å². The van der Waals surface area contributed by atoms with Crippen LogP contribution >= 0.6 is 11.6 Å². The molecule has 2 heterocycles. The van der Waals surface area contributed by atoms with Crippen LogP contribution in [0.15, 0.2) is 34.9 Å². The topological polar surface area (TPSA) is 49.6 Å². The molecule has 5 nitrogen and oxygen atoms in total. The van der Waals surface area contributed by atoms with Crippen molar-refractivity contribution < 1.29 is 9.32 Å². The van der Waals surface area contributed by atoms with E-state index in [0.717, 1.165) is 44.1 Å². The third-order valence-corrected chi connectivity index (χ3v) is 4.24. The number of aromatic nitrogens is 1. The molecular weight excluding hydrogens is 314 g/mol. The summed E-state index contributed by atoms with van der Waals surface area (Å²) in [5.74, 6) is 0.874. The number of carbonyl (C=O) groups excluding carboxylic acids is 1. The number of nitrogens with zero attached hydrogens (tertiary/aromatic N) is 3. The van der Waals surface area contributed by atoms with Gasteiger partial charge in [0.15, 0.2) is 0 Å². The van der Waals surface area contributed by atoms with Crippen LogP contribution in [0.4, 0.5) is 0 Å². The Morgan fingerprint density at radius 3 is 2.87 bits per heavy atom. The normalized spacial score (nSPS) is 16.3. The molecule has 0 saturated carbocycles. The highest BCUT2D eigenvalue weighted by Gasteiger charge is 2.21. The first-order valence-electron chi connectivity index (χ1n) is 7.81. The fraction of sp³-hybridized carbons (Fsp3) is 0.412. The zero-order valence-corrected chi connectivity index (χ0v) is 13.9. The molecule has 1 fully saturated rings. The summed E-state index contributed by atoms with van der Waals surface area (Å²) in [5.41, 5.74) is 1.59. The van der Waals surface area contributed by atoms with E-state index in [1.54, 1.807) is 12.1 Å². The second-order valence-corrected chi connectivity index (χ2v) is 6.30. The van der Waals surface area contributed by atoms with Gasteiger partial charge in [0, 0.05) is 49.4 Å². The third-order valence-electron chi connectivity index (χ3n) is 4.01. The largest absolute Gasteiger partial charge is 0.361 e. The summed E-state index contributed by atoms with van der Waals surface area (Å²) in [4.78, 5) is 16.8. The summed E-state index contributed by atoms with van der Waals surface area (Å²) in [5, 5.41) is 4.63. The van der Waals surface area contributed by atoms with Crippen molar-refractivity contribution in [2.24, 2.45) is 0 Å². The van der Waals surface area contributed by atoms with Gasteiger partial charge in [0.05, 0.1) is 5.69 Å². The Balaban J connectivity index is 1.60. The molecule has 1 aliphatic rings. The SMILES string of the molecule is Cc1cc(CN2CCCN(C(=O)c3cccc(Cl)c3)CC2)no1. The Hall–Kier alpha value is -1.85. The number of amides is 1. The van der Waals surface area contributed by atoms with Crippen LogP contribution in [0, 0.1) is 6.92 Å². The molecule has 1 aliphatic heterocycles. The molecule has 0 bridgehead atoms. The molecule has 2 aromatic rings. The minimum atomic E-state index is 0.0478. The summed E-state index contributed by atoms with van der Waals surface area (Å²) in [6.45, 7) is 5.91. The number of rotatable bonds is 3. The number of benzene rings is 1. The Labute approximate surface area is 140 Å². The monoisotopic (exact) mass is 333 g/mol. The van der Waals surface area contributed by atoms with E-state index in [1.165, 1.54) is 0 Å². The van der Waals surface area contributed by atoms with Crippen molar-refractivity contribution in [2.75, 3.05) is 26.2 Å². The molecule has 0 radical (unpaired) electrons. The van der Waals surface area contributed by atoms with E-state index >= 15 is 0 Å². The number of halogens is 1. The quantitative estimate of drug-likeness (QED) is 0.866. The predicted molar refractivity (Wildman–Crippen MR) is 88.5 cm³/mol. The Morgan fingerprint density at radius 1 is 1.26 bits per heavy atom. The first kappa shape index (κ1) is 16.0. The maximum Gasteiger partial charge on any atom is 0.253 e. The lowest BCUT2D eigenvalue weighted by Crippen LogP contribution is -2.35. The zero-order valence-electron chi connectivity index (χ0n) is 13.2. The first-order chi connectivity index (χ1) is 11.1. The van der Waals surface area contributed by atoms with E-state index in [4.69, 9.17) is 16.1 Å². The molecule has 23 heavy (non-hydrogen) atoms. The Bertz CT molecular complexity index is 686. The average molecular weight is 334 g/mol. The van der Waals surface area contributed by atoms with Crippen LogP contribution in [0.1, 0.15) is 28.2 Å². The smallest absolute Gasteiger partial charge is 0.253 e. The molecule has 1 aromatic carbocycles. The maximum absolute atomic E-state index is 12.6. The Morgan fingerprint density at radius 2 is 2.13 bits per heavy atom. The molecule has 1 amide bonds. The lowest BCUT2D eigenvalue weighted by molar-refractivity contribution is 0.0761. The maximum atomic E-state index is 12.6. The average Bonchev–Trinajstić information content (AvgIpc) is 2.80. The van der Waals surface area contributed by atoms with Crippen LogP contribution < -0.4 is 0 Å². The van der Waals surface area contributed by atoms with E-state index in [-0.39, 0.29) is 5.91 Å². The predicted octanol–water partition coefficient (Wildman–Crippen LogP) is 2.98. The summed E-state index contributed by atoms with van der Waals surface area (Å²) in [6, 6.07) is 9.09. The van der Waals surface area contributed by atoms with E-state index in [0.29, 0.717) is 17.1 Å². The van der Waals surface area contributed by atoms with Crippen molar-refractivity contribution in [3.63, 3.8) is 0 Å². The van der Waals surface area contributed by atoms with E-state index < -0.39 is 0 Å². The highest BCUT2D eigenvalue weighted by atomic mass is 35.5. The second-order valence-electron chi connectivity index (χ2n) is 5.86. The van der Waals surface area contributed by atoms with Crippen molar-refractivity contribution in [2.45, 2.75) is 19.9 Å². The van der Waals surface area contributed by atoms with Crippen LogP contribution in [0.2, 0.25) is 5.02 Å². The summed E-state index contributed by atoms with van der Waals surface area (Å²) >= 11 is 5.98. The summed E-state index contributed by atoms with van der Waals surface area (Å²) in [7, 11) is 0. The van der Waals surface area contributed by atoms with Crippen molar-refractivity contribution in [1.29, 1.82) is 0 Å². The molecular formula is C17H20ClN3O2. The standard InChI is InChI=1S/C17H20ClN3O2/c1-13-10-16(19-23-13)12-20-6-3-7-21(9-8-20)17(22)14-4-2-5-15(18)11-14/h2,4-5,10-11H,3,6-9,12H2,1H3. The summed E-state index contributed by atoms with van der Waals surface area (Å²) in [6.07, 6.45) is 0.948. The Kier molecular flexibility index (Phi) is 4.98. The van der Waals surface area contributed by atoms with E-state index in [2.05, 4.69) is 10.1 Å². The molecule has 6 heteroatoms. The van der Waals surface area contributed by atoms with Crippen molar-refractivity contribution >= 4 is 17.5 Å². The summed E-state index contributed by atoms with van der Waals surface area (Å²) < 4.78 is 5.11. The van der Waals surface area contributed by atoms with Gasteiger partial charge in [0.2, 0.25) is 0 Å². The van der Waals surface area contributed by atoms with Gasteiger partial charge in [-0.05, 0) is 31.5 Å². The zero-order chi connectivity index (χ0) is 16.2. The van der Waals surface area contributed by atoms with Gasteiger partial charge in [0.25, 0.3) is 5.91 Å². The first-order valence-corrected chi connectivity index (χ1v) is 8.19. The molecule has 122 valence electrons. The van der Waals surface area contributed by atoms with Crippen molar-refractivity contribution in [3.05, 3.63) is 52.4 Å². The number of carbonyl (C=O) groups is 1. The van der Waals surface area contributed by atoms with Crippen LogP contribution in [-0.4, -0.2) is 47.0 Å². The molecule has 0 aliphatic carbocycles. The number of aryl methyl sites for hydroxylation is 1. The van der Waals surface area contributed by atoms with Gasteiger partial charge in [-0.1, -0.05) is 22.8 Å². The van der Waals surface area contributed by atoms with Gasteiger partial charge in [-0.25, -0.2) is 0 Å². The molecule has 0 atom stereocenters. The molecule has 1 saturated heterocycles. The highest BCUT2D eigenvalue weighted by molar-refractivity contribution is 6.30. The van der Waals surface area contributed by atoms with Gasteiger partial charge in [-0.3, -0.25) is 9.69 Å². The third kappa shape index (κ3) is 4.12. The molecule has 0 unspecified atom stereocenters. The van der Waals surface area contributed by atoms with E-state index in [9.17, 15) is 4.79 Å².